The molecule has 0 atom stereocenters. The lowest BCUT2D eigenvalue weighted by atomic mass is 10.1. The average Bonchev–Trinajstić information content (AvgIpc) is 3.15. The van der Waals surface area contributed by atoms with Gasteiger partial charge >= 0.3 is 0 Å². The van der Waals surface area contributed by atoms with Crippen molar-refractivity contribution < 1.29 is 9.53 Å². The van der Waals surface area contributed by atoms with Crippen LogP contribution in [0, 0.1) is 6.92 Å². The fraction of sp³-hybridized carbons (Fsp3) is 0.364. The van der Waals surface area contributed by atoms with Gasteiger partial charge in [-0.05, 0) is 18.9 Å². The molecular weight excluding hydrogens is 434 g/mol. The summed E-state index contributed by atoms with van der Waals surface area (Å²) in [5.41, 5.74) is 3.34. The normalized spacial score (nSPS) is 14.0. The van der Waals surface area contributed by atoms with Gasteiger partial charge in [-0.25, -0.2) is 15.0 Å². The van der Waals surface area contributed by atoms with Crippen molar-refractivity contribution in [2.75, 3.05) is 36.5 Å². The molecule has 31 heavy (non-hydrogen) atoms. The number of hydrogen-bond acceptors (Lipinski definition) is 7. The van der Waals surface area contributed by atoms with Crippen LogP contribution in [-0.4, -0.2) is 47.2 Å². The molecule has 0 spiro atoms. The number of carbonyl (C=O) groups is 1. The number of benzene rings is 1. The molecule has 0 aliphatic carbocycles. The minimum atomic E-state index is -0.402. The van der Waals surface area contributed by atoms with E-state index in [2.05, 4.69) is 51.5 Å². The second kappa shape index (κ2) is 9.72. The molecule has 0 bridgehead atoms. The van der Waals surface area contributed by atoms with Crippen LogP contribution in [0.5, 0.6) is 0 Å². The molecule has 1 amide bonds. The Morgan fingerprint density at radius 1 is 1.23 bits per heavy atom. The molecular formula is C22H24ClN5O2S. The summed E-state index contributed by atoms with van der Waals surface area (Å²) in [4.78, 5) is 29.2. The minimum absolute atomic E-state index is 0.136. The van der Waals surface area contributed by atoms with E-state index >= 15 is 0 Å². The molecule has 162 valence electrons. The summed E-state index contributed by atoms with van der Waals surface area (Å²) < 4.78 is 5.36. The second-order valence-corrected chi connectivity index (χ2v) is 8.90. The maximum atomic E-state index is 12.9. The van der Waals surface area contributed by atoms with Gasteiger partial charge in [-0.1, -0.05) is 49.2 Å². The Morgan fingerprint density at radius 3 is 2.68 bits per heavy atom. The number of aryl methyl sites for hydroxylation is 2. The van der Waals surface area contributed by atoms with Crippen LogP contribution in [0.25, 0.3) is 11.3 Å². The number of halogens is 1. The Balaban J connectivity index is 1.52. The molecule has 1 saturated heterocycles. The van der Waals surface area contributed by atoms with Crippen molar-refractivity contribution in [1.82, 2.24) is 15.0 Å². The fourth-order valence-electron chi connectivity index (χ4n) is 3.42. The van der Waals surface area contributed by atoms with Gasteiger partial charge < -0.3 is 9.64 Å². The third-order valence-corrected chi connectivity index (χ3v) is 6.19. The molecule has 0 radical (unpaired) electrons. The summed E-state index contributed by atoms with van der Waals surface area (Å²) >= 11 is 7.65. The van der Waals surface area contributed by atoms with E-state index in [1.54, 1.807) is 0 Å². The molecule has 1 aromatic carbocycles. The van der Waals surface area contributed by atoms with E-state index in [-0.39, 0.29) is 10.7 Å². The monoisotopic (exact) mass is 457 g/mol. The SMILES string of the molecule is CCCc1ccc(-c2nc(NC(=O)c3nc(N4CCOCC4)ncc3Cl)sc2C)cc1. The Bertz CT molecular complexity index is 1060. The summed E-state index contributed by atoms with van der Waals surface area (Å²) in [5.74, 6) is 0.0709. The average molecular weight is 458 g/mol. The van der Waals surface area contributed by atoms with Crippen molar-refractivity contribution in [2.24, 2.45) is 0 Å². The van der Waals surface area contributed by atoms with E-state index in [9.17, 15) is 4.79 Å². The van der Waals surface area contributed by atoms with Gasteiger partial charge in [0, 0.05) is 23.5 Å². The zero-order valence-electron chi connectivity index (χ0n) is 17.5. The molecule has 7 nitrogen and oxygen atoms in total. The molecule has 1 fully saturated rings. The van der Waals surface area contributed by atoms with Crippen molar-refractivity contribution >= 4 is 39.9 Å². The number of nitrogens with zero attached hydrogens (tertiary/aromatic N) is 4. The zero-order chi connectivity index (χ0) is 21.8. The van der Waals surface area contributed by atoms with Crippen LogP contribution < -0.4 is 10.2 Å². The zero-order valence-corrected chi connectivity index (χ0v) is 19.1. The summed E-state index contributed by atoms with van der Waals surface area (Å²) in [7, 11) is 0. The van der Waals surface area contributed by atoms with Crippen LogP contribution in [-0.2, 0) is 11.2 Å². The first-order valence-electron chi connectivity index (χ1n) is 10.3. The first-order chi connectivity index (χ1) is 15.0. The van der Waals surface area contributed by atoms with Gasteiger partial charge in [-0.3, -0.25) is 10.1 Å². The van der Waals surface area contributed by atoms with Crippen molar-refractivity contribution in [2.45, 2.75) is 26.7 Å². The first-order valence-corrected chi connectivity index (χ1v) is 11.5. The first kappa shape index (κ1) is 21.7. The minimum Gasteiger partial charge on any atom is -0.378 e. The second-order valence-electron chi connectivity index (χ2n) is 7.29. The van der Waals surface area contributed by atoms with Crippen molar-refractivity contribution in [3.63, 3.8) is 0 Å². The molecule has 3 aromatic rings. The van der Waals surface area contributed by atoms with E-state index < -0.39 is 5.91 Å². The van der Waals surface area contributed by atoms with Crippen LogP contribution in [0.3, 0.4) is 0 Å². The number of nitrogens with one attached hydrogen (secondary N) is 1. The Kier molecular flexibility index (Phi) is 6.80. The van der Waals surface area contributed by atoms with E-state index in [0.29, 0.717) is 37.4 Å². The Hall–Kier alpha value is -2.55. The summed E-state index contributed by atoms with van der Waals surface area (Å²) in [6, 6.07) is 8.41. The van der Waals surface area contributed by atoms with Crippen LogP contribution >= 0.6 is 22.9 Å². The molecule has 1 N–H and O–H groups in total. The van der Waals surface area contributed by atoms with Crippen LogP contribution in [0.15, 0.2) is 30.5 Å². The number of aromatic nitrogens is 3. The van der Waals surface area contributed by atoms with Gasteiger partial charge in [0.2, 0.25) is 5.95 Å². The van der Waals surface area contributed by atoms with E-state index in [4.69, 9.17) is 16.3 Å². The number of ether oxygens (including phenoxy) is 1. The van der Waals surface area contributed by atoms with Gasteiger partial charge in [0.1, 0.15) is 0 Å². The maximum Gasteiger partial charge on any atom is 0.277 e. The van der Waals surface area contributed by atoms with Gasteiger partial charge in [-0.2, -0.15) is 0 Å². The molecule has 9 heteroatoms. The molecule has 0 saturated carbocycles. The smallest absolute Gasteiger partial charge is 0.277 e. The van der Waals surface area contributed by atoms with E-state index in [0.717, 1.165) is 29.0 Å². The van der Waals surface area contributed by atoms with Crippen LogP contribution in [0.2, 0.25) is 5.02 Å². The lowest BCUT2D eigenvalue weighted by molar-refractivity contribution is 0.102. The highest BCUT2D eigenvalue weighted by atomic mass is 35.5. The topological polar surface area (TPSA) is 80.2 Å². The van der Waals surface area contributed by atoms with Crippen molar-refractivity contribution in [1.29, 1.82) is 0 Å². The van der Waals surface area contributed by atoms with E-state index in [1.165, 1.54) is 23.1 Å². The fourth-order valence-corrected chi connectivity index (χ4v) is 4.43. The third kappa shape index (κ3) is 5.03. The third-order valence-electron chi connectivity index (χ3n) is 5.02. The molecule has 3 heterocycles. The largest absolute Gasteiger partial charge is 0.378 e. The molecule has 0 unspecified atom stereocenters. The number of hydrogen-bond donors (Lipinski definition) is 1. The predicted molar refractivity (Wildman–Crippen MR) is 124 cm³/mol. The Labute approximate surface area is 190 Å². The van der Waals surface area contributed by atoms with Gasteiger partial charge in [0.25, 0.3) is 5.91 Å². The quantitative estimate of drug-likeness (QED) is 0.582. The summed E-state index contributed by atoms with van der Waals surface area (Å²) in [6.45, 7) is 6.73. The summed E-state index contributed by atoms with van der Waals surface area (Å²) in [5, 5.41) is 3.56. The van der Waals surface area contributed by atoms with Gasteiger partial charge in [0.05, 0.1) is 30.1 Å². The van der Waals surface area contributed by atoms with Gasteiger partial charge in [0.15, 0.2) is 10.8 Å². The number of rotatable bonds is 6. The number of amides is 1. The maximum absolute atomic E-state index is 12.9. The highest BCUT2D eigenvalue weighted by Gasteiger charge is 2.20. The van der Waals surface area contributed by atoms with Gasteiger partial charge in [-0.15, -0.1) is 11.3 Å². The highest BCUT2D eigenvalue weighted by molar-refractivity contribution is 7.16. The number of thiazole rings is 1. The number of carbonyl (C=O) groups excluding carboxylic acids is 1. The molecule has 1 aliphatic rings. The number of morpholine rings is 1. The number of anilines is 2. The van der Waals surface area contributed by atoms with Crippen molar-refractivity contribution in [3.8, 4) is 11.3 Å². The molecule has 4 rings (SSSR count). The van der Waals surface area contributed by atoms with Crippen LogP contribution in [0.1, 0.15) is 34.3 Å². The molecule has 1 aliphatic heterocycles. The predicted octanol–water partition coefficient (Wildman–Crippen LogP) is 4.60. The highest BCUT2D eigenvalue weighted by Crippen LogP contribution is 2.31. The summed E-state index contributed by atoms with van der Waals surface area (Å²) in [6.07, 6.45) is 3.64. The van der Waals surface area contributed by atoms with Crippen molar-refractivity contribution in [3.05, 3.63) is 51.6 Å². The Morgan fingerprint density at radius 2 is 1.97 bits per heavy atom. The lowest BCUT2D eigenvalue weighted by Gasteiger charge is -2.26. The lowest BCUT2D eigenvalue weighted by Crippen LogP contribution is -2.37. The standard InChI is InChI=1S/C22H24ClN5O2S/c1-3-4-15-5-7-16(8-6-15)18-14(2)31-22(26-18)27-20(29)19-17(23)13-24-21(25-19)28-9-11-30-12-10-28/h5-8,13H,3-4,9-12H2,1-2H3,(H,26,27,29). The van der Waals surface area contributed by atoms with Crippen LogP contribution in [0.4, 0.5) is 11.1 Å². The van der Waals surface area contributed by atoms with E-state index in [1.807, 2.05) is 11.8 Å². The molecule has 2 aromatic heterocycles.